The number of nitrogens with zero attached hydrogens (tertiary/aromatic N) is 1. The highest BCUT2D eigenvalue weighted by Crippen LogP contribution is 2.29. The van der Waals surface area contributed by atoms with Crippen LogP contribution < -0.4 is 0 Å². The van der Waals surface area contributed by atoms with E-state index in [0.717, 1.165) is 0 Å². The number of alkyl halides is 1. The molecule has 9 heteroatoms. The van der Waals surface area contributed by atoms with Crippen LogP contribution in [0.2, 0.25) is 0 Å². The molecule has 0 unspecified atom stereocenters. The number of hydrogen-bond acceptors (Lipinski definition) is 4. The Hall–Kier alpha value is -1.28. The molecule has 0 bridgehead atoms. The van der Waals surface area contributed by atoms with Crippen LogP contribution >= 0.6 is 11.6 Å². The minimum Gasteiger partial charge on any atom is -0.258 e. The van der Waals surface area contributed by atoms with E-state index >= 15 is 0 Å². The highest BCUT2D eigenvalue weighted by Gasteiger charge is 2.30. The molecule has 0 aliphatic carbocycles. The minimum atomic E-state index is -4.15. The monoisotopic (exact) mass is 299 g/mol. The summed E-state index contributed by atoms with van der Waals surface area (Å²) in [6.45, 7) is 0. The Morgan fingerprint density at radius 3 is 2.44 bits per heavy atom. The molecule has 0 atom stereocenters. The highest BCUT2D eigenvalue weighted by molar-refractivity contribution is 7.91. The standard InChI is InChI=1S/C9H8ClF2NO4S/c10-2-1-3-18(16,17)8-5-6(11)4-7(12)9(8)13(14)15/h4-5H,1-3H2. The van der Waals surface area contributed by atoms with E-state index in [1.807, 2.05) is 0 Å². The zero-order valence-corrected chi connectivity index (χ0v) is 10.5. The third-order valence-electron chi connectivity index (χ3n) is 2.06. The predicted molar refractivity (Wildman–Crippen MR) is 60.4 cm³/mol. The van der Waals surface area contributed by atoms with Gasteiger partial charge >= 0.3 is 5.69 Å². The van der Waals surface area contributed by atoms with E-state index in [4.69, 9.17) is 11.6 Å². The Bertz CT molecular complexity index is 576. The SMILES string of the molecule is O=[N+]([O-])c1c(F)cc(F)cc1S(=O)(=O)CCCCl. The van der Waals surface area contributed by atoms with Crippen molar-refractivity contribution < 1.29 is 22.1 Å². The van der Waals surface area contributed by atoms with Crippen LogP contribution in [0.4, 0.5) is 14.5 Å². The van der Waals surface area contributed by atoms with Gasteiger partial charge in [-0.15, -0.1) is 11.6 Å². The van der Waals surface area contributed by atoms with Crippen LogP contribution in [-0.2, 0) is 9.84 Å². The van der Waals surface area contributed by atoms with Crippen LogP contribution in [0.3, 0.4) is 0 Å². The third kappa shape index (κ3) is 3.14. The van der Waals surface area contributed by atoms with Gasteiger partial charge in [-0.2, -0.15) is 4.39 Å². The molecule has 0 heterocycles. The van der Waals surface area contributed by atoms with Crippen molar-refractivity contribution in [3.8, 4) is 0 Å². The summed E-state index contributed by atoms with van der Waals surface area (Å²) >= 11 is 5.31. The number of hydrogen-bond donors (Lipinski definition) is 0. The van der Waals surface area contributed by atoms with Gasteiger partial charge in [-0.3, -0.25) is 10.1 Å². The second kappa shape index (κ2) is 5.57. The summed E-state index contributed by atoms with van der Waals surface area (Å²) in [6, 6.07) is 0.698. The van der Waals surface area contributed by atoms with E-state index in [1.165, 1.54) is 0 Å². The molecule has 0 aliphatic heterocycles. The first-order chi connectivity index (χ1) is 8.29. The van der Waals surface area contributed by atoms with E-state index in [-0.39, 0.29) is 18.4 Å². The van der Waals surface area contributed by atoms with Gasteiger partial charge in [0.1, 0.15) is 5.82 Å². The van der Waals surface area contributed by atoms with Crippen molar-refractivity contribution in [3.05, 3.63) is 33.9 Å². The second-order valence-electron chi connectivity index (χ2n) is 3.35. The van der Waals surface area contributed by atoms with Gasteiger partial charge in [0.05, 0.1) is 10.7 Å². The number of nitro benzene ring substituents is 1. The average Bonchev–Trinajstić information content (AvgIpc) is 2.24. The number of halogens is 3. The molecule has 0 radical (unpaired) electrons. The molecule has 0 saturated carbocycles. The normalized spacial score (nSPS) is 11.5. The van der Waals surface area contributed by atoms with Crippen molar-refractivity contribution in [2.24, 2.45) is 0 Å². The van der Waals surface area contributed by atoms with Crippen molar-refractivity contribution in [3.63, 3.8) is 0 Å². The third-order valence-corrected chi connectivity index (χ3v) is 4.13. The summed E-state index contributed by atoms with van der Waals surface area (Å²) in [5.41, 5.74) is -1.24. The maximum atomic E-state index is 13.2. The van der Waals surface area contributed by atoms with E-state index in [2.05, 4.69) is 0 Å². The summed E-state index contributed by atoms with van der Waals surface area (Å²) in [5.74, 6) is -3.21. The Morgan fingerprint density at radius 2 is 1.94 bits per heavy atom. The van der Waals surface area contributed by atoms with Crippen molar-refractivity contribution in [2.45, 2.75) is 11.3 Å². The zero-order valence-electron chi connectivity index (χ0n) is 8.90. The molecule has 18 heavy (non-hydrogen) atoms. The number of benzene rings is 1. The fourth-order valence-corrected chi connectivity index (χ4v) is 3.11. The summed E-state index contributed by atoms with van der Waals surface area (Å²) < 4.78 is 49.7. The van der Waals surface area contributed by atoms with Crippen LogP contribution in [0.15, 0.2) is 17.0 Å². The lowest BCUT2D eigenvalue weighted by molar-refractivity contribution is -0.390. The van der Waals surface area contributed by atoms with Crippen molar-refractivity contribution in [2.75, 3.05) is 11.6 Å². The summed E-state index contributed by atoms with van der Waals surface area (Å²) in [7, 11) is -4.15. The first-order valence-corrected chi connectivity index (χ1v) is 6.90. The minimum absolute atomic E-state index is 0.0187. The first kappa shape index (κ1) is 14.8. The van der Waals surface area contributed by atoms with Gasteiger partial charge in [-0.25, -0.2) is 12.8 Å². The van der Waals surface area contributed by atoms with Crippen LogP contribution in [-0.4, -0.2) is 25.0 Å². The van der Waals surface area contributed by atoms with Gasteiger partial charge in [0.25, 0.3) is 0 Å². The first-order valence-electron chi connectivity index (χ1n) is 4.71. The lowest BCUT2D eigenvalue weighted by Crippen LogP contribution is -2.11. The molecule has 0 fully saturated rings. The molecular formula is C9H8ClF2NO4S. The maximum Gasteiger partial charge on any atom is 0.323 e. The number of rotatable bonds is 5. The molecule has 0 spiro atoms. The Labute approximate surface area is 106 Å². The van der Waals surface area contributed by atoms with Crippen molar-refractivity contribution in [1.29, 1.82) is 0 Å². The highest BCUT2D eigenvalue weighted by atomic mass is 35.5. The van der Waals surface area contributed by atoms with E-state index in [0.29, 0.717) is 6.07 Å². The lowest BCUT2D eigenvalue weighted by Gasteiger charge is -2.05. The molecule has 5 nitrogen and oxygen atoms in total. The molecule has 0 saturated heterocycles. The van der Waals surface area contributed by atoms with E-state index in [1.54, 1.807) is 0 Å². The van der Waals surface area contributed by atoms with Gasteiger partial charge in [0, 0.05) is 11.9 Å². The molecule has 100 valence electrons. The summed E-state index contributed by atoms with van der Waals surface area (Å²) in [6.07, 6.45) is 0.0270. The molecule has 1 rings (SSSR count). The molecule has 1 aromatic carbocycles. The van der Waals surface area contributed by atoms with Gasteiger partial charge in [0.2, 0.25) is 5.82 Å². The maximum absolute atomic E-state index is 13.2. The zero-order chi connectivity index (χ0) is 13.9. The van der Waals surface area contributed by atoms with Crippen LogP contribution in [0, 0.1) is 21.7 Å². The van der Waals surface area contributed by atoms with E-state index < -0.39 is 42.7 Å². The van der Waals surface area contributed by atoms with E-state index in [9.17, 15) is 27.3 Å². The van der Waals surface area contributed by atoms with Gasteiger partial charge < -0.3 is 0 Å². The second-order valence-corrected chi connectivity index (χ2v) is 5.81. The predicted octanol–water partition coefficient (Wildman–Crippen LogP) is 2.28. The Balaban J connectivity index is 3.43. The van der Waals surface area contributed by atoms with Gasteiger partial charge in [0.15, 0.2) is 14.7 Å². The topological polar surface area (TPSA) is 77.3 Å². The average molecular weight is 300 g/mol. The molecule has 0 amide bonds. The quantitative estimate of drug-likeness (QED) is 0.475. The molecule has 0 aromatic heterocycles. The van der Waals surface area contributed by atoms with Crippen molar-refractivity contribution in [1.82, 2.24) is 0 Å². The largest absolute Gasteiger partial charge is 0.323 e. The fourth-order valence-electron chi connectivity index (χ4n) is 1.31. The summed E-state index contributed by atoms with van der Waals surface area (Å²) in [5, 5.41) is 10.6. The number of nitro groups is 1. The number of sulfone groups is 1. The molecular weight excluding hydrogens is 292 g/mol. The fraction of sp³-hybridized carbons (Fsp3) is 0.333. The Kier molecular flexibility index (Phi) is 4.58. The van der Waals surface area contributed by atoms with Gasteiger partial charge in [-0.1, -0.05) is 0 Å². The van der Waals surface area contributed by atoms with Crippen molar-refractivity contribution >= 4 is 27.1 Å². The van der Waals surface area contributed by atoms with Crippen LogP contribution in [0.25, 0.3) is 0 Å². The molecule has 0 aliphatic rings. The van der Waals surface area contributed by atoms with Crippen LogP contribution in [0.5, 0.6) is 0 Å². The van der Waals surface area contributed by atoms with Crippen LogP contribution in [0.1, 0.15) is 6.42 Å². The summed E-state index contributed by atoms with van der Waals surface area (Å²) in [4.78, 5) is 8.47. The smallest absolute Gasteiger partial charge is 0.258 e. The lowest BCUT2D eigenvalue weighted by atomic mass is 10.3. The molecule has 0 N–H and O–H groups in total. The van der Waals surface area contributed by atoms with Gasteiger partial charge in [-0.05, 0) is 12.5 Å². The molecule has 1 aromatic rings. The Morgan fingerprint density at radius 1 is 1.33 bits per heavy atom.